The van der Waals surface area contributed by atoms with Crippen molar-refractivity contribution in [1.82, 2.24) is 10.2 Å². The molecule has 0 spiro atoms. The normalized spacial score (nSPS) is 17.6. The molecular formula is C14H16N2O5. The summed E-state index contributed by atoms with van der Waals surface area (Å²) in [5.41, 5.74) is 0.884. The summed E-state index contributed by atoms with van der Waals surface area (Å²) >= 11 is 0. The van der Waals surface area contributed by atoms with Gasteiger partial charge in [-0.1, -0.05) is 30.3 Å². The molecule has 0 saturated carbocycles. The Morgan fingerprint density at radius 1 is 1.33 bits per heavy atom. The maximum Gasteiger partial charge on any atom is 0.418 e. The van der Waals surface area contributed by atoms with Crippen molar-refractivity contribution in [2.45, 2.75) is 19.6 Å². The molecular weight excluding hydrogens is 276 g/mol. The molecule has 1 aromatic rings. The number of benzene rings is 1. The van der Waals surface area contributed by atoms with Crippen molar-refractivity contribution in [2.24, 2.45) is 0 Å². The van der Waals surface area contributed by atoms with Crippen molar-refractivity contribution in [2.75, 3.05) is 13.1 Å². The molecule has 7 heteroatoms. The highest BCUT2D eigenvalue weighted by atomic mass is 16.6. The van der Waals surface area contributed by atoms with Gasteiger partial charge in [-0.15, -0.1) is 0 Å². The first-order chi connectivity index (χ1) is 10.1. The lowest BCUT2D eigenvalue weighted by atomic mass is 10.2. The van der Waals surface area contributed by atoms with Gasteiger partial charge in [0.05, 0.1) is 0 Å². The number of nitrogens with one attached hydrogen (secondary N) is 1. The van der Waals surface area contributed by atoms with Crippen LogP contribution in [0.5, 0.6) is 0 Å². The lowest BCUT2D eigenvalue weighted by molar-refractivity contribution is -0.135. The van der Waals surface area contributed by atoms with Crippen LogP contribution in [-0.2, 0) is 20.9 Å². The van der Waals surface area contributed by atoms with Crippen LogP contribution in [0.2, 0.25) is 0 Å². The van der Waals surface area contributed by atoms with Crippen molar-refractivity contribution < 1.29 is 23.9 Å². The summed E-state index contributed by atoms with van der Waals surface area (Å²) in [7, 11) is 0. The number of ether oxygens (including phenoxy) is 2. The van der Waals surface area contributed by atoms with E-state index in [1.54, 1.807) is 6.92 Å². The smallest absolute Gasteiger partial charge is 0.418 e. The Hall–Kier alpha value is -2.57. The van der Waals surface area contributed by atoms with Gasteiger partial charge in [0.2, 0.25) is 0 Å². The van der Waals surface area contributed by atoms with Crippen LogP contribution in [0.1, 0.15) is 12.5 Å². The molecule has 0 radical (unpaired) electrons. The van der Waals surface area contributed by atoms with Crippen LogP contribution in [0.15, 0.2) is 30.3 Å². The molecule has 0 aliphatic carbocycles. The SMILES string of the molecule is CC1C(=O)OC(=O)N1CCNC(=O)OCc1ccccc1. The summed E-state index contributed by atoms with van der Waals surface area (Å²) in [5, 5.41) is 2.51. The van der Waals surface area contributed by atoms with Gasteiger partial charge in [-0.2, -0.15) is 0 Å². The first-order valence-corrected chi connectivity index (χ1v) is 6.55. The van der Waals surface area contributed by atoms with Gasteiger partial charge in [0.25, 0.3) is 0 Å². The molecule has 1 heterocycles. The van der Waals surface area contributed by atoms with E-state index in [0.29, 0.717) is 0 Å². The summed E-state index contributed by atoms with van der Waals surface area (Å²) < 4.78 is 9.47. The third-order valence-corrected chi connectivity index (χ3v) is 3.07. The van der Waals surface area contributed by atoms with E-state index in [1.165, 1.54) is 4.90 Å². The van der Waals surface area contributed by atoms with Gasteiger partial charge in [-0.05, 0) is 12.5 Å². The Balaban J connectivity index is 1.68. The Morgan fingerprint density at radius 3 is 2.67 bits per heavy atom. The Labute approximate surface area is 121 Å². The van der Waals surface area contributed by atoms with Crippen LogP contribution in [-0.4, -0.2) is 42.2 Å². The number of esters is 1. The van der Waals surface area contributed by atoms with Gasteiger partial charge in [-0.25, -0.2) is 14.4 Å². The largest absolute Gasteiger partial charge is 0.445 e. The van der Waals surface area contributed by atoms with E-state index >= 15 is 0 Å². The van der Waals surface area contributed by atoms with Gasteiger partial charge < -0.3 is 14.8 Å². The predicted octanol–water partition coefficient (Wildman–Crippen LogP) is 1.28. The molecule has 2 amide bonds. The van der Waals surface area contributed by atoms with Crippen molar-refractivity contribution >= 4 is 18.2 Å². The lowest BCUT2D eigenvalue weighted by Crippen LogP contribution is -2.39. The molecule has 112 valence electrons. The second-order valence-electron chi connectivity index (χ2n) is 4.54. The highest BCUT2D eigenvalue weighted by Gasteiger charge is 2.37. The number of cyclic esters (lactones) is 2. The zero-order valence-electron chi connectivity index (χ0n) is 11.6. The molecule has 1 unspecified atom stereocenters. The van der Waals surface area contributed by atoms with E-state index in [1.807, 2.05) is 30.3 Å². The van der Waals surface area contributed by atoms with Crippen molar-refractivity contribution in [3.8, 4) is 0 Å². The summed E-state index contributed by atoms with van der Waals surface area (Å²) in [6.45, 7) is 2.11. The molecule has 7 nitrogen and oxygen atoms in total. The van der Waals surface area contributed by atoms with Gasteiger partial charge in [0.15, 0.2) is 0 Å². The highest BCUT2D eigenvalue weighted by Crippen LogP contribution is 2.12. The molecule has 1 atom stereocenters. The van der Waals surface area contributed by atoms with Crippen LogP contribution in [0.4, 0.5) is 9.59 Å². The van der Waals surface area contributed by atoms with Gasteiger partial charge >= 0.3 is 18.2 Å². The van der Waals surface area contributed by atoms with E-state index in [2.05, 4.69) is 10.1 Å². The average Bonchev–Trinajstić information content (AvgIpc) is 2.72. The summed E-state index contributed by atoms with van der Waals surface area (Å²) in [5.74, 6) is -0.577. The molecule has 2 rings (SSSR count). The van der Waals surface area contributed by atoms with E-state index in [0.717, 1.165) is 5.56 Å². The number of amides is 2. The number of carbonyl (C=O) groups excluding carboxylic acids is 3. The average molecular weight is 292 g/mol. The summed E-state index contributed by atoms with van der Waals surface area (Å²) in [6.07, 6.45) is -1.27. The van der Waals surface area contributed by atoms with Crippen LogP contribution < -0.4 is 5.32 Å². The fourth-order valence-corrected chi connectivity index (χ4v) is 1.85. The van der Waals surface area contributed by atoms with Crippen molar-refractivity contribution in [1.29, 1.82) is 0 Å². The van der Waals surface area contributed by atoms with Crippen LogP contribution in [0, 0.1) is 0 Å². The minimum Gasteiger partial charge on any atom is -0.445 e. The molecule has 21 heavy (non-hydrogen) atoms. The van der Waals surface area contributed by atoms with E-state index < -0.39 is 24.2 Å². The fraction of sp³-hybridized carbons (Fsp3) is 0.357. The predicted molar refractivity (Wildman–Crippen MR) is 72.3 cm³/mol. The standard InChI is InChI=1S/C14H16N2O5/c1-10-12(17)21-14(19)16(10)8-7-15-13(18)20-9-11-5-3-2-4-6-11/h2-6,10H,7-9H2,1H3,(H,15,18). The zero-order chi connectivity index (χ0) is 15.2. The number of hydrogen-bond acceptors (Lipinski definition) is 5. The second-order valence-corrected chi connectivity index (χ2v) is 4.54. The van der Waals surface area contributed by atoms with Gasteiger partial charge in [0, 0.05) is 13.1 Å². The number of rotatable bonds is 5. The van der Waals surface area contributed by atoms with E-state index in [9.17, 15) is 14.4 Å². The van der Waals surface area contributed by atoms with Crippen LogP contribution in [0.25, 0.3) is 0 Å². The van der Waals surface area contributed by atoms with Gasteiger partial charge in [0.1, 0.15) is 12.6 Å². The lowest BCUT2D eigenvalue weighted by Gasteiger charge is -2.16. The van der Waals surface area contributed by atoms with Crippen LogP contribution >= 0.6 is 0 Å². The van der Waals surface area contributed by atoms with E-state index in [-0.39, 0.29) is 19.7 Å². The first kappa shape index (κ1) is 14.8. The van der Waals surface area contributed by atoms with Crippen LogP contribution in [0.3, 0.4) is 0 Å². The molecule has 1 aliphatic rings. The monoisotopic (exact) mass is 292 g/mol. The molecule has 0 aromatic heterocycles. The number of nitrogens with zero attached hydrogens (tertiary/aromatic N) is 1. The number of hydrogen-bond donors (Lipinski definition) is 1. The van der Waals surface area contributed by atoms with Crippen molar-refractivity contribution in [3.05, 3.63) is 35.9 Å². The topological polar surface area (TPSA) is 84.9 Å². The number of carbonyl (C=O) groups is 3. The third-order valence-electron chi connectivity index (χ3n) is 3.07. The molecule has 1 N–H and O–H groups in total. The molecule has 1 saturated heterocycles. The Kier molecular flexibility index (Phi) is 4.76. The maximum absolute atomic E-state index is 11.5. The molecule has 1 aliphatic heterocycles. The summed E-state index contributed by atoms with van der Waals surface area (Å²) in [6, 6.07) is 8.66. The molecule has 1 aromatic carbocycles. The third kappa shape index (κ3) is 3.95. The highest BCUT2D eigenvalue weighted by molar-refractivity contribution is 5.95. The maximum atomic E-state index is 11.5. The van der Waals surface area contributed by atoms with Crippen molar-refractivity contribution in [3.63, 3.8) is 0 Å². The molecule has 1 fully saturated rings. The fourth-order valence-electron chi connectivity index (χ4n) is 1.85. The minimum absolute atomic E-state index is 0.174. The Morgan fingerprint density at radius 2 is 2.05 bits per heavy atom. The Bertz CT molecular complexity index is 531. The van der Waals surface area contributed by atoms with E-state index in [4.69, 9.17) is 4.74 Å². The minimum atomic E-state index is -0.688. The van der Waals surface area contributed by atoms with Gasteiger partial charge in [-0.3, -0.25) is 4.90 Å². The first-order valence-electron chi connectivity index (χ1n) is 6.55. The quantitative estimate of drug-likeness (QED) is 0.652. The zero-order valence-corrected chi connectivity index (χ0v) is 11.6. The second kappa shape index (κ2) is 6.74. The number of alkyl carbamates (subject to hydrolysis) is 1. The molecule has 0 bridgehead atoms. The summed E-state index contributed by atoms with van der Waals surface area (Å²) in [4.78, 5) is 35.2.